The Balaban J connectivity index is 1.32. The van der Waals surface area contributed by atoms with E-state index < -0.39 is 5.60 Å². The Hall–Kier alpha value is -3.06. The minimum atomic E-state index is -0.480. The topological polar surface area (TPSA) is 48.9 Å². The fourth-order valence-corrected chi connectivity index (χ4v) is 5.80. The summed E-state index contributed by atoms with van der Waals surface area (Å²) in [5, 5.41) is 3.23. The first-order valence-electron chi connectivity index (χ1n) is 12.4. The summed E-state index contributed by atoms with van der Waals surface area (Å²) >= 11 is 1.72. The van der Waals surface area contributed by atoms with E-state index in [4.69, 9.17) is 9.72 Å². The van der Waals surface area contributed by atoms with Gasteiger partial charge in [0.25, 0.3) is 0 Å². The number of carbonyl (C=O) groups is 1. The Morgan fingerprint density at radius 2 is 1.83 bits per heavy atom. The van der Waals surface area contributed by atoms with Crippen LogP contribution in [-0.2, 0) is 17.7 Å². The van der Waals surface area contributed by atoms with Crippen LogP contribution in [0.4, 0.5) is 15.6 Å². The molecule has 3 heterocycles. The molecule has 0 radical (unpaired) electrons. The molecule has 6 nitrogen and oxygen atoms in total. The molecule has 1 saturated heterocycles. The fourth-order valence-electron chi connectivity index (χ4n) is 4.94. The standard InChI is InChI=1S/C28H34N4O2S/c1-20-17-30(15-16-32(20)27(33)34-28(2,3)4)25-12-8-11-21-13-14-31(18-23(21)25)26-29-24(19-35-26)22-9-6-5-7-10-22/h5-12,19-20H,13-18H2,1-4H3. The first-order valence-corrected chi connectivity index (χ1v) is 13.3. The summed E-state index contributed by atoms with van der Waals surface area (Å²) in [5.41, 5.74) is 5.80. The van der Waals surface area contributed by atoms with Crippen LogP contribution in [0.3, 0.4) is 0 Å². The van der Waals surface area contributed by atoms with Crippen molar-refractivity contribution >= 4 is 28.2 Å². The summed E-state index contributed by atoms with van der Waals surface area (Å²) in [6.07, 6.45) is 0.792. The Morgan fingerprint density at radius 1 is 1.03 bits per heavy atom. The van der Waals surface area contributed by atoms with Gasteiger partial charge in [0.15, 0.2) is 5.13 Å². The number of benzene rings is 2. The molecule has 3 aromatic rings. The average Bonchev–Trinajstić information content (AvgIpc) is 3.33. The smallest absolute Gasteiger partial charge is 0.410 e. The summed E-state index contributed by atoms with van der Waals surface area (Å²) < 4.78 is 5.63. The molecule has 2 aromatic carbocycles. The second-order valence-corrected chi connectivity index (χ2v) is 11.3. The number of nitrogens with zero attached hydrogens (tertiary/aromatic N) is 4. The van der Waals surface area contributed by atoms with Crippen molar-refractivity contribution in [1.82, 2.24) is 9.88 Å². The van der Waals surface area contributed by atoms with Crippen molar-refractivity contribution in [3.8, 4) is 11.3 Å². The highest BCUT2D eigenvalue weighted by Gasteiger charge is 2.32. The minimum absolute atomic E-state index is 0.0848. The highest BCUT2D eigenvalue weighted by Crippen LogP contribution is 2.35. The van der Waals surface area contributed by atoms with E-state index in [1.54, 1.807) is 11.3 Å². The molecule has 2 aliphatic rings. The summed E-state index contributed by atoms with van der Waals surface area (Å²) in [5.74, 6) is 0. The van der Waals surface area contributed by atoms with Gasteiger partial charge in [-0.2, -0.15) is 0 Å². The van der Waals surface area contributed by atoms with Crippen molar-refractivity contribution in [3.63, 3.8) is 0 Å². The van der Waals surface area contributed by atoms with Crippen molar-refractivity contribution in [2.45, 2.75) is 52.3 Å². The number of rotatable bonds is 3. The lowest BCUT2D eigenvalue weighted by Gasteiger charge is -2.42. The predicted octanol–water partition coefficient (Wildman–Crippen LogP) is 5.82. The maximum atomic E-state index is 12.7. The van der Waals surface area contributed by atoms with Gasteiger partial charge >= 0.3 is 6.09 Å². The van der Waals surface area contributed by atoms with Crippen molar-refractivity contribution in [1.29, 1.82) is 0 Å². The lowest BCUT2D eigenvalue weighted by atomic mass is 9.97. The van der Waals surface area contributed by atoms with Crippen molar-refractivity contribution < 1.29 is 9.53 Å². The van der Waals surface area contributed by atoms with Crippen LogP contribution < -0.4 is 9.80 Å². The molecule has 7 heteroatoms. The number of aromatic nitrogens is 1. The zero-order valence-electron chi connectivity index (χ0n) is 21.0. The van der Waals surface area contributed by atoms with Gasteiger partial charge in [-0.3, -0.25) is 0 Å². The van der Waals surface area contributed by atoms with Crippen LogP contribution in [-0.4, -0.2) is 53.8 Å². The molecule has 1 unspecified atom stereocenters. The van der Waals surface area contributed by atoms with Crippen LogP contribution in [0.2, 0.25) is 0 Å². The molecule has 1 fully saturated rings. The van der Waals surface area contributed by atoms with E-state index in [-0.39, 0.29) is 12.1 Å². The maximum Gasteiger partial charge on any atom is 0.410 e. The second-order valence-electron chi connectivity index (χ2n) is 10.4. The normalized spacial score (nSPS) is 18.4. The molecule has 184 valence electrons. The van der Waals surface area contributed by atoms with Gasteiger partial charge in [-0.1, -0.05) is 42.5 Å². The van der Waals surface area contributed by atoms with E-state index in [0.717, 1.165) is 49.0 Å². The summed E-state index contributed by atoms with van der Waals surface area (Å²) in [6, 6.07) is 17.1. The number of hydrogen-bond donors (Lipinski definition) is 0. The average molecular weight is 491 g/mol. The summed E-state index contributed by atoms with van der Waals surface area (Å²) in [4.78, 5) is 24.3. The van der Waals surface area contributed by atoms with E-state index in [2.05, 4.69) is 64.6 Å². The molecule has 1 amide bonds. The zero-order valence-corrected chi connectivity index (χ0v) is 21.8. The molecule has 1 aromatic heterocycles. The van der Waals surface area contributed by atoms with E-state index in [9.17, 15) is 4.79 Å². The highest BCUT2D eigenvalue weighted by atomic mass is 32.1. The quantitative estimate of drug-likeness (QED) is 0.463. The Kier molecular flexibility index (Phi) is 6.45. The first-order chi connectivity index (χ1) is 16.8. The molecule has 1 atom stereocenters. The van der Waals surface area contributed by atoms with E-state index >= 15 is 0 Å². The van der Waals surface area contributed by atoms with E-state index in [1.807, 2.05) is 31.7 Å². The SMILES string of the molecule is CC1CN(c2cccc3c2CN(c2nc(-c4ccccc4)cs2)CC3)CCN1C(=O)OC(C)(C)C. The summed E-state index contributed by atoms with van der Waals surface area (Å²) in [6.45, 7) is 11.9. The second kappa shape index (κ2) is 9.53. The molecule has 5 rings (SSSR count). The van der Waals surface area contributed by atoms with Crippen LogP contribution in [0.1, 0.15) is 38.8 Å². The number of ether oxygens (including phenoxy) is 1. The molecular weight excluding hydrogens is 456 g/mol. The van der Waals surface area contributed by atoms with Crippen molar-refractivity contribution in [2.24, 2.45) is 0 Å². The molecular formula is C28H34N4O2S. The van der Waals surface area contributed by atoms with Gasteiger partial charge in [0.2, 0.25) is 0 Å². The van der Waals surface area contributed by atoms with Crippen LogP contribution in [0.5, 0.6) is 0 Å². The first kappa shape index (κ1) is 23.7. The van der Waals surface area contributed by atoms with E-state index in [0.29, 0.717) is 6.54 Å². The predicted molar refractivity (Wildman–Crippen MR) is 143 cm³/mol. The lowest BCUT2D eigenvalue weighted by Crippen LogP contribution is -2.55. The third-order valence-electron chi connectivity index (χ3n) is 6.68. The molecule has 0 spiro atoms. The van der Waals surface area contributed by atoms with E-state index in [1.165, 1.54) is 16.8 Å². The molecule has 0 aliphatic carbocycles. The Labute approximate surface area is 212 Å². The molecule has 35 heavy (non-hydrogen) atoms. The van der Waals surface area contributed by atoms with Gasteiger partial charge < -0.3 is 19.4 Å². The number of anilines is 2. The third-order valence-corrected chi connectivity index (χ3v) is 7.58. The summed E-state index contributed by atoms with van der Waals surface area (Å²) in [7, 11) is 0. The van der Waals surface area contributed by atoms with Gasteiger partial charge in [0.05, 0.1) is 5.69 Å². The molecule has 0 bridgehead atoms. The van der Waals surface area contributed by atoms with Gasteiger partial charge in [0, 0.05) is 55.4 Å². The van der Waals surface area contributed by atoms with Gasteiger partial charge in [-0.25, -0.2) is 9.78 Å². The number of amides is 1. The molecule has 0 saturated carbocycles. The van der Waals surface area contributed by atoms with Crippen molar-refractivity contribution in [2.75, 3.05) is 36.0 Å². The lowest BCUT2D eigenvalue weighted by molar-refractivity contribution is 0.0159. The minimum Gasteiger partial charge on any atom is -0.444 e. The molecule has 0 N–H and O–H groups in total. The third kappa shape index (κ3) is 5.15. The van der Waals surface area contributed by atoms with Crippen LogP contribution in [0, 0.1) is 0 Å². The number of fused-ring (bicyclic) bond motifs is 1. The highest BCUT2D eigenvalue weighted by molar-refractivity contribution is 7.14. The van der Waals surface area contributed by atoms with Crippen molar-refractivity contribution in [3.05, 3.63) is 65.0 Å². The molecule has 2 aliphatic heterocycles. The maximum absolute atomic E-state index is 12.7. The fraction of sp³-hybridized carbons (Fsp3) is 0.429. The monoisotopic (exact) mass is 490 g/mol. The largest absolute Gasteiger partial charge is 0.444 e. The van der Waals surface area contributed by atoms with Gasteiger partial charge in [0.1, 0.15) is 5.60 Å². The number of hydrogen-bond acceptors (Lipinski definition) is 6. The number of carbonyl (C=O) groups excluding carboxylic acids is 1. The van der Waals surface area contributed by atoms with Crippen LogP contribution >= 0.6 is 11.3 Å². The zero-order chi connectivity index (χ0) is 24.6. The van der Waals surface area contributed by atoms with Gasteiger partial charge in [-0.15, -0.1) is 11.3 Å². The van der Waals surface area contributed by atoms with Crippen LogP contribution in [0.25, 0.3) is 11.3 Å². The number of thiazole rings is 1. The Bertz CT molecular complexity index is 1190. The van der Waals surface area contributed by atoms with Crippen LogP contribution in [0.15, 0.2) is 53.9 Å². The van der Waals surface area contributed by atoms with Gasteiger partial charge in [-0.05, 0) is 51.3 Å². The Morgan fingerprint density at radius 3 is 2.57 bits per heavy atom. The number of piperazine rings is 1.